The van der Waals surface area contributed by atoms with Crippen molar-refractivity contribution in [2.45, 2.75) is 78.9 Å². The van der Waals surface area contributed by atoms with Crippen LogP contribution >= 0.6 is 0 Å². The molecule has 0 atom stereocenters. The lowest BCUT2D eigenvalue weighted by atomic mass is 9.89. The van der Waals surface area contributed by atoms with E-state index in [-0.39, 0.29) is 30.1 Å². The molecule has 3 aromatic rings. The number of pyridine rings is 1. The summed E-state index contributed by atoms with van der Waals surface area (Å²) in [7, 11) is 0. The first-order valence-corrected chi connectivity index (χ1v) is 13.7. The molecular formula is C30H38N6O4. The summed E-state index contributed by atoms with van der Waals surface area (Å²) in [4.78, 5) is 51.3. The minimum atomic E-state index is -0.989. The summed E-state index contributed by atoms with van der Waals surface area (Å²) in [6, 6.07) is 5.95. The molecule has 40 heavy (non-hydrogen) atoms. The highest BCUT2D eigenvalue weighted by Gasteiger charge is 2.28. The van der Waals surface area contributed by atoms with Gasteiger partial charge in [-0.3, -0.25) is 19.6 Å². The van der Waals surface area contributed by atoms with Crippen LogP contribution in [0.1, 0.15) is 71.0 Å². The van der Waals surface area contributed by atoms with E-state index in [9.17, 15) is 14.4 Å². The van der Waals surface area contributed by atoms with Crippen molar-refractivity contribution in [3.63, 3.8) is 0 Å². The van der Waals surface area contributed by atoms with Crippen LogP contribution in [-0.4, -0.2) is 50.7 Å². The first-order chi connectivity index (χ1) is 19.1. The van der Waals surface area contributed by atoms with Gasteiger partial charge in [-0.25, -0.2) is 4.79 Å². The van der Waals surface area contributed by atoms with Crippen molar-refractivity contribution in [2.75, 3.05) is 11.4 Å². The fraction of sp³-hybridized carbons (Fsp3) is 0.433. The van der Waals surface area contributed by atoms with E-state index in [1.165, 1.54) is 0 Å². The Bertz CT molecular complexity index is 1440. The Morgan fingerprint density at radius 2 is 1.77 bits per heavy atom. The number of nitrogens with zero attached hydrogens (tertiary/aromatic N) is 3. The fourth-order valence-corrected chi connectivity index (χ4v) is 5.62. The minimum Gasteiger partial charge on any atom is -0.465 e. The number of benzene rings is 1. The van der Waals surface area contributed by atoms with Gasteiger partial charge >= 0.3 is 6.09 Å². The average Bonchev–Trinajstić information content (AvgIpc) is 2.90. The summed E-state index contributed by atoms with van der Waals surface area (Å²) < 4.78 is 0. The standard InChI is InChI=1S/C30H38N6O4/c1-6-36(23-9-7-22(8-10-23)35-30(39)40)27-13-21(26-16-31-19(4)14-32-26)12-24(20(27)5)28(37)33-15-25-17(2)11-18(3)34-29(25)38/h11-14,16,22-23,35H,6-10,15H2,1-5H3,(H,33,37)(H,34,38)(H,39,40). The summed E-state index contributed by atoms with van der Waals surface area (Å²) in [5, 5.41) is 14.7. The Hall–Kier alpha value is -4.21. The molecule has 2 aromatic heterocycles. The van der Waals surface area contributed by atoms with Gasteiger partial charge in [-0.1, -0.05) is 0 Å². The van der Waals surface area contributed by atoms with E-state index in [4.69, 9.17) is 5.11 Å². The zero-order valence-electron chi connectivity index (χ0n) is 23.8. The zero-order valence-corrected chi connectivity index (χ0v) is 23.8. The van der Waals surface area contributed by atoms with Gasteiger partial charge in [0.05, 0.1) is 17.6 Å². The van der Waals surface area contributed by atoms with E-state index in [1.807, 2.05) is 39.8 Å². The Balaban J connectivity index is 1.68. The van der Waals surface area contributed by atoms with Gasteiger partial charge in [-0.2, -0.15) is 0 Å². The number of carboxylic acid groups (broad SMARTS) is 1. The van der Waals surface area contributed by atoms with Crippen molar-refractivity contribution < 1.29 is 14.7 Å². The number of aromatic nitrogens is 3. The van der Waals surface area contributed by atoms with Crippen molar-refractivity contribution in [3.05, 3.63) is 74.6 Å². The van der Waals surface area contributed by atoms with Crippen LogP contribution in [0.5, 0.6) is 0 Å². The van der Waals surface area contributed by atoms with Crippen LogP contribution < -0.4 is 21.1 Å². The fourth-order valence-electron chi connectivity index (χ4n) is 5.62. The number of carbonyl (C=O) groups excluding carboxylic acids is 1. The van der Waals surface area contributed by atoms with E-state index in [1.54, 1.807) is 12.4 Å². The number of carbonyl (C=O) groups is 2. The van der Waals surface area contributed by atoms with E-state index in [0.29, 0.717) is 16.8 Å². The molecule has 0 unspecified atom stereocenters. The molecule has 2 amide bonds. The number of aryl methyl sites for hydroxylation is 3. The van der Waals surface area contributed by atoms with Crippen molar-refractivity contribution in [1.82, 2.24) is 25.6 Å². The molecule has 0 saturated heterocycles. The summed E-state index contributed by atoms with van der Waals surface area (Å²) >= 11 is 0. The number of aromatic amines is 1. The maximum absolute atomic E-state index is 13.6. The van der Waals surface area contributed by atoms with Crippen molar-refractivity contribution in [3.8, 4) is 11.3 Å². The zero-order chi connectivity index (χ0) is 29.0. The first-order valence-electron chi connectivity index (χ1n) is 13.7. The molecule has 10 nitrogen and oxygen atoms in total. The predicted molar refractivity (Wildman–Crippen MR) is 155 cm³/mol. The molecule has 1 aliphatic rings. The van der Waals surface area contributed by atoms with Crippen molar-refractivity contribution >= 4 is 17.7 Å². The Labute approximate surface area is 234 Å². The molecule has 10 heteroatoms. The summed E-state index contributed by atoms with van der Waals surface area (Å²) in [5.74, 6) is -0.273. The van der Waals surface area contributed by atoms with Gasteiger partial charge in [0.15, 0.2) is 0 Å². The molecule has 0 radical (unpaired) electrons. The Morgan fingerprint density at radius 1 is 1.05 bits per heavy atom. The van der Waals surface area contributed by atoms with Gasteiger partial charge in [0.1, 0.15) is 0 Å². The number of amides is 2. The maximum atomic E-state index is 13.6. The second kappa shape index (κ2) is 12.3. The van der Waals surface area contributed by atoms with Crippen LogP contribution in [0.2, 0.25) is 0 Å². The summed E-state index contributed by atoms with van der Waals surface area (Å²) in [6.45, 7) is 10.4. The topological polar surface area (TPSA) is 140 Å². The Kier molecular flexibility index (Phi) is 8.86. The number of rotatable bonds is 8. The second-order valence-electron chi connectivity index (χ2n) is 10.6. The van der Waals surface area contributed by atoms with Gasteiger partial charge in [-0.15, -0.1) is 0 Å². The molecule has 4 N–H and O–H groups in total. The second-order valence-corrected chi connectivity index (χ2v) is 10.6. The number of hydrogen-bond acceptors (Lipinski definition) is 6. The predicted octanol–water partition coefficient (Wildman–Crippen LogP) is 4.40. The number of anilines is 1. The normalized spacial score (nSPS) is 16.8. The van der Waals surface area contributed by atoms with Crippen LogP contribution in [0.4, 0.5) is 10.5 Å². The maximum Gasteiger partial charge on any atom is 0.404 e. The largest absolute Gasteiger partial charge is 0.465 e. The summed E-state index contributed by atoms with van der Waals surface area (Å²) in [6.07, 6.45) is 5.61. The van der Waals surface area contributed by atoms with E-state index >= 15 is 0 Å². The number of nitrogens with one attached hydrogen (secondary N) is 3. The third-order valence-corrected chi connectivity index (χ3v) is 7.74. The highest BCUT2D eigenvalue weighted by atomic mass is 16.4. The lowest BCUT2D eigenvalue weighted by Crippen LogP contribution is -2.44. The quantitative estimate of drug-likeness (QED) is 0.328. The van der Waals surface area contributed by atoms with Crippen LogP contribution in [0.25, 0.3) is 11.3 Å². The monoisotopic (exact) mass is 546 g/mol. The molecular weight excluding hydrogens is 508 g/mol. The van der Waals surface area contributed by atoms with Gasteiger partial charge in [0, 0.05) is 59.4 Å². The van der Waals surface area contributed by atoms with Gasteiger partial charge < -0.3 is 25.6 Å². The number of hydrogen-bond donors (Lipinski definition) is 4. The van der Waals surface area contributed by atoms with Crippen LogP contribution in [0.3, 0.4) is 0 Å². The van der Waals surface area contributed by atoms with E-state index in [0.717, 1.165) is 66.0 Å². The average molecular weight is 547 g/mol. The van der Waals surface area contributed by atoms with Crippen LogP contribution in [0, 0.1) is 27.7 Å². The molecule has 1 saturated carbocycles. The van der Waals surface area contributed by atoms with Crippen molar-refractivity contribution in [1.29, 1.82) is 0 Å². The third-order valence-electron chi connectivity index (χ3n) is 7.74. The lowest BCUT2D eigenvalue weighted by Gasteiger charge is -2.39. The molecule has 0 spiro atoms. The molecule has 4 rings (SSSR count). The highest BCUT2D eigenvalue weighted by Crippen LogP contribution is 2.34. The van der Waals surface area contributed by atoms with E-state index < -0.39 is 6.09 Å². The van der Waals surface area contributed by atoms with Crippen LogP contribution in [0.15, 0.2) is 35.4 Å². The molecule has 2 heterocycles. The molecule has 0 aliphatic heterocycles. The molecule has 212 valence electrons. The molecule has 1 aromatic carbocycles. The SMILES string of the molecule is CCN(c1cc(-c2cnc(C)cn2)cc(C(=O)NCc2c(C)cc(C)[nH]c2=O)c1C)C1CCC(NC(=O)O)CC1. The molecule has 1 aliphatic carbocycles. The number of H-pyrrole nitrogens is 1. The molecule has 1 fully saturated rings. The van der Waals surface area contributed by atoms with E-state index in [2.05, 4.69) is 43.5 Å². The Morgan fingerprint density at radius 3 is 2.38 bits per heavy atom. The van der Waals surface area contributed by atoms with Gasteiger partial charge in [0.25, 0.3) is 11.5 Å². The van der Waals surface area contributed by atoms with Gasteiger partial charge in [0.2, 0.25) is 0 Å². The smallest absolute Gasteiger partial charge is 0.404 e. The highest BCUT2D eigenvalue weighted by molar-refractivity contribution is 5.98. The molecule has 0 bridgehead atoms. The first kappa shape index (κ1) is 28.8. The van der Waals surface area contributed by atoms with Crippen molar-refractivity contribution in [2.24, 2.45) is 0 Å². The minimum absolute atomic E-state index is 0.0440. The van der Waals surface area contributed by atoms with Gasteiger partial charge in [-0.05, 0) is 89.6 Å². The van der Waals surface area contributed by atoms with Crippen LogP contribution in [-0.2, 0) is 6.54 Å². The summed E-state index contributed by atoms with van der Waals surface area (Å²) in [5.41, 5.74) is 6.45. The third kappa shape index (κ3) is 6.50. The lowest BCUT2D eigenvalue weighted by molar-refractivity contribution is 0.0950.